The summed E-state index contributed by atoms with van der Waals surface area (Å²) in [7, 11) is 0. The average Bonchev–Trinajstić information content (AvgIpc) is 3.13. The Labute approximate surface area is 164 Å². The maximum absolute atomic E-state index is 13.2. The summed E-state index contributed by atoms with van der Waals surface area (Å²) in [5.41, 5.74) is 3.09. The predicted octanol–water partition coefficient (Wildman–Crippen LogP) is 2.97. The average molecular weight is 378 g/mol. The van der Waals surface area contributed by atoms with E-state index in [4.69, 9.17) is 0 Å². The van der Waals surface area contributed by atoms with Crippen LogP contribution in [-0.4, -0.2) is 48.9 Å². The molecule has 0 spiro atoms. The van der Waals surface area contributed by atoms with Crippen LogP contribution in [0.5, 0.6) is 0 Å². The van der Waals surface area contributed by atoms with Gasteiger partial charge in [0.05, 0.1) is 16.8 Å². The van der Waals surface area contributed by atoms with Crippen molar-refractivity contribution in [3.63, 3.8) is 0 Å². The summed E-state index contributed by atoms with van der Waals surface area (Å²) in [6.07, 6.45) is 8.37. The number of piperidine rings is 1. The van der Waals surface area contributed by atoms with Gasteiger partial charge in [0.2, 0.25) is 0 Å². The van der Waals surface area contributed by atoms with Gasteiger partial charge in [-0.3, -0.25) is 19.4 Å². The molecule has 0 radical (unpaired) electrons. The third-order valence-electron chi connectivity index (χ3n) is 5.18. The summed E-state index contributed by atoms with van der Waals surface area (Å²) in [4.78, 5) is 23.8. The zero-order valence-corrected chi connectivity index (χ0v) is 16.5. The third kappa shape index (κ3) is 4.03. The summed E-state index contributed by atoms with van der Waals surface area (Å²) in [6, 6.07) is 5.60. The molecular weight excluding hydrogens is 352 g/mol. The molecule has 1 amide bonds. The van der Waals surface area contributed by atoms with E-state index in [2.05, 4.69) is 34.1 Å². The Kier molecular flexibility index (Phi) is 5.32. The van der Waals surface area contributed by atoms with Crippen LogP contribution in [0.2, 0.25) is 0 Å². The van der Waals surface area contributed by atoms with E-state index < -0.39 is 0 Å². The Balaban J connectivity index is 1.46. The molecule has 1 aromatic carbocycles. The fourth-order valence-electron chi connectivity index (χ4n) is 3.94. The van der Waals surface area contributed by atoms with Crippen molar-refractivity contribution >= 4 is 16.9 Å². The van der Waals surface area contributed by atoms with Gasteiger partial charge in [-0.1, -0.05) is 25.1 Å². The monoisotopic (exact) mass is 378 g/mol. The van der Waals surface area contributed by atoms with E-state index in [9.17, 15) is 4.79 Å². The van der Waals surface area contributed by atoms with Crippen LogP contribution in [-0.2, 0) is 13.0 Å². The van der Waals surface area contributed by atoms with Crippen molar-refractivity contribution in [1.29, 1.82) is 0 Å². The van der Waals surface area contributed by atoms with Gasteiger partial charge >= 0.3 is 0 Å². The minimum absolute atomic E-state index is 0.0369. The first kappa shape index (κ1) is 18.5. The van der Waals surface area contributed by atoms with Gasteiger partial charge in [-0.05, 0) is 43.2 Å². The SMILES string of the molecule is CC(C)Cc1cn(C[C@H]2CCCN(C(=O)c3cccc4nccnc34)C2)nn1. The van der Waals surface area contributed by atoms with Gasteiger partial charge in [-0.2, -0.15) is 0 Å². The summed E-state index contributed by atoms with van der Waals surface area (Å²) in [6.45, 7) is 6.67. The van der Waals surface area contributed by atoms with E-state index in [-0.39, 0.29) is 5.91 Å². The second kappa shape index (κ2) is 8.04. The summed E-state index contributed by atoms with van der Waals surface area (Å²) in [5.74, 6) is 0.985. The highest BCUT2D eigenvalue weighted by molar-refractivity contribution is 6.04. The maximum Gasteiger partial charge on any atom is 0.256 e. The van der Waals surface area contributed by atoms with E-state index in [0.29, 0.717) is 22.9 Å². The quantitative estimate of drug-likeness (QED) is 0.682. The molecule has 1 aliphatic heterocycles. The Bertz CT molecular complexity index is 961. The number of carbonyl (C=O) groups excluding carboxylic acids is 1. The molecule has 0 saturated carbocycles. The highest BCUT2D eigenvalue weighted by atomic mass is 16.2. The topological polar surface area (TPSA) is 76.8 Å². The molecule has 146 valence electrons. The van der Waals surface area contributed by atoms with Gasteiger partial charge in [-0.15, -0.1) is 5.10 Å². The third-order valence-corrected chi connectivity index (χ3v) is 5.18. The lowest BCUT2D eigenvalue weighted by atomic mass is 9.97. The second-order valence-electron chi connectivity index (χ2n) is 8.02. The van der Waals surface area contributed by atoms with Gasteiger partial charge in [0.1, 0.15) is 5.52 Å². The van der Waals surface area contributed by atoms with Crippen LogP contribution >= 0.6 is 0 Å². The molecular formula is C21H26N6O. The summed E-state index contributed by atoms with van der Waals surface area (Å²) < 4.78 is 1.93. The van der Waals surface area contributed by atoms with E-state index in [1.807, 2.05) is 34.0 Å². The first-order chi connectivity index (χ1) is 13.6. The number of hydrogen-bond acceptors (Lipinski definition) is 5. The number of carbonyl (C=O) groups is 1. The first-order valence-electron chi connectivity index (χ1n) is 9.98. The number of hydrogen-bond donors (Lipinski definition) is 0. The number of fused-ring (bicyclic) bond motifs is 1. The highest BCUT2D eigenvalue weighted by Gasteiger charge is 2.26. The first-order valence-corrected chi connectivity index (χ1v) is 9.98. The van der Waals surface area contributed by atoms with Crippen molar-refractivity contribution in [1.82, 2.24) is 29.9 Å². The molecule has 3 aromatic rings. The smallest absolute Gasteiger partial charge is 0.256 e. The Morgan fingerprint density at radius 1 is 1.25 bits per heavy atom. The number of para-hydroxylation sites is 1. The van der Waals surface area contributed by atoms with Crippen LogP contribution < -0.4 is 0 Å². The van der Waals surface area contributed by atoms with Gasteiger partial charge in [0, 0.05) is 38.2 Å². The lowest BCUT2D eigenvalue weighted by Crippen LogP contribution is -2.41. The molecule has 7 heteroatoms. The van der Waals surface area contributed by atoms with Crippen LogP contribution in [0.3, 0.4) is 0 Å². The van der Waals surface area contributed by atoms with Crippen LogP contribution in [0, 0.1) is 11.8 Å². The van der Waals surface area contributed by atoms with E-state index in [0.717, 1.165) is 50.1 Å². The van der Waals surface area contributed by atoms with Crippen molar-refractivity contribution in [2.45, 2.75) is 39.7 Å². The van der Waals surface area contributed by atoms with E-state index in [1.165, 1.54) is 0 Å². The van der Waals surface area contributed by atoms with Crippen molar-refractivity contribution in [2.24, 2.45) is 11.8 Å². The summed E-state index contributed by atoms with van der Waals surface area (Å²) >= 11 is 0. The molecule has 3 heterocycles. The minimum Gasteiger partial charge on any atom is -0.338 e. The van der Waals surface area contributed by atoms with Gasteiger partial charge in [-0.25, -0.2) is 0 Å². The lowest BCUT2D eigenvalue weighted by molar-refractivity contribution is 0.0661. The maximum atomic E-state index is 13.2. The van der Waals surface area contributed by atoms with Crippen LogP contribution in [0.15, 0.2) is 36.8 Å². The molecule has 0 N–H and O–H groups in total. The zero-order valence-electron chi connectivity index (χ0n) is 16.5. The largest absolute Gasteiger partial charge is 0.338 e. The van der Waals surface area contributed by atoms with Crippen molar-refractivity contribution in [2.75, 3.05) is 13.1 Å². The number of benzene rings is 1. The van der Waals surface area contributed by atoms with Crippen molar-refractivity contribution < 1.29 is 4.79 Å². The molecule has 28 heavy (non-hydrogen) atoms. The fraction of sp³-hybridized carbons (Fsp3) is 0.476. The van der Waals surface area contributed by atoms with Crippen molar-refractivity contribution in [3.05, 3.63) is 48.0 Å². The number of rotatable bonds is 5. The molecule has 1 aliphatic rings. The molecule has 1 saturated heterocycles. The predicted molar refractivity (Wildman–Crippen MR) is 107 cm³/mol. The van der Waals surface area contributed by atoms with Gasteiger partial charge in [0.15, 0.2) is 0 Å². The molecule has 0 unspecified atom stereocenters. The van der Waals surface area contributed by atoms with Gasteiger partial charge in [0.25, 0.3) is 5.91 Å². The molecule has 4 rings (SSSR count). The highest BCUT2D eigenvalue weighted by Crippen LogP contribution is 2.22. The zero-order chi connectivity index (χ0) is 19.5. The fourth-order valence-corrected chi connectivity index (χ4v) is 3.94. The lowest BCUT2D eigenvalue weighted by Gasteiger charge is -2.32. The van der Waals surface area contributed by atoms with E-state index >= 15 is 0 Å². The second-order valence-corrected chi connectivity index (χ2v) is 8.02. The molecule has 1 fully saturated rings. The van der Waals surface area contributed by atoms with Gasteiger partial charge < -0.3 is 4.90 Å². The number of aromatic nitrogens is 5. The van der Waals surface area contributed by atoms with Crippen LogP contribution in [0.1, 0.15) is 42.7 Å². The normalized spacial score (nSPS) is 17.4. The minimum atomic E-state index is 0.0369. The summed E-state index contributed by atoms with van der Waals surface area (Å²) in [5, 5.41) is 8.55. The Morgan fingerprint density at radius 2 is 2.11 bits per heavy atom. The number of likely N-dealkylation sites (tertiary alicyclic amines) is 1. The molecule has 2 aromatic heterocycles. The molecule has 1 atom stereocenters. The number of nitrogens with zero attached hydrogens (tertiary/aromatic N) is 6. The Morgan fingerprint density at radius 3 is 2.96 bits per heavy atom. The van der Waals surface area contributed by atoms with Crippen LogP contribution in [0.25, 0.3) is 11.0 Å². The molecule has 7 nitrogen and oxygen atoms in total. The molecule has 0 bridgehead atoms. The van der Waals surface area contributed by atoms with E-state index in [1.54, 1.807) is 12.4 Å². The standard InChI is InChI=1S/C21H26N6O/c1-15(2)11-17-14-27(25-24-17)13-16-5-4-10-26(12-16)21(28)18-6-3-7-19-20(18)23-9-8-22-19/h3,6-9,14-16H,4-5,10-13H2,1-2H3/t16-/m0/s1. The van der Waals surface area contributed by atoms with Crippen molar-refractivity contribution in [3.8, 4) is 0 Å². The Hall–Kier alpha value is -2.83. The molecule has 0 aliphatic carbocycles. The van der Waals surface area contributed by atoms with Crippen LogP contribution in [0.4, 0.5) is 0 Å². The number of amides is 1.